The number of ether oxygens (including phenoxy) is 2. The van der Waals surface area contributed by atoms with Crippen molar-refractivity contribution in [3.63, 3.8) is 0 Å². The van der Waals surface area contributed by atoms with Crippen molar-refractivity contribution in [2.45, 2.75) is 97.7 Å². The van der Waals surface area contributed by atoms with Gasteiger partial charge in [0.05, 0.1) is 12.0 Å². The average Bonchev–Trinajstić information content (AvgIpc) is 2.70. The van der Waals surface area contributed by atoms with Gasteiger partial charge in [-0.05, 0) is 51.1 Å². The van der Waals surface area contributed by atoms with Gasteiger partial charge < -0.3 is 9.47 Å². The summed E-state index contributed by atoms with van der Waals surface area (Å²) in [5.74, 6) is 1.84. The van der Waals surface area contributed by atoms with Crippen LogP contribution in [0.1, 0.15) is 85.5 Å². The number of likely N-dealkylation sites (tertiary alicyclic amines) is 1. The first-order valence-electron chi connectivity index (χ1n) is 11.5. The Morgan fingerprint density at radius 1 is 1.07 bits per heavy atom. The predicted octanol–water partition coefficient (Wildman–Crippen LogP) is 5.55. The third-order valence-electron chi connectivity index (χ3n) is 6.13. The van der Waals surface area contributed by atoms with Gasteiger partial charge in [0.2, 0.25) is 0 Å². The quantitative estimate of drug-likeness (QED) is 0.309. The number of piperidine rings is 1. The molecule has 4 heteroatoms. The van der Waals surface area contributed by atoms with E-state index in [4.69, 9.17) is 9.47 Å². The van der Waals surface area contributed by atoms with Crippen LogP contribution in [0.3, 0.4) is 0 Å². The lowest BCUT2D eigenvalue weighted by Gasteiger charge is -2.34. The van der Waals surface area contributed by atoms with Gasteiger partial charge in [-0.15, -0.1) is 0 Å². The van der Waals surface area contributed by atoms with Crippen molar-refractivity contribution in [3.05, 3.63) is 0 Å². The highest BCUT2D eigenvalue weighted by Crippen LogP contribution is 2.23. The number of unbranched alkanes of at least 4 members (excludes halogenated alkanes) is 1. The molecule has 160 valence electrons. The van der Waals surface area contributed by atoms with Gasteiger partial charge in [-0.1, -0.05) is 53.4 Å². The van der Waals surface area contributed by atoms with E-state index in [0.717, 1.165) is 31.7 Å². The first kappa shape index (κ1) is 24.4. The largest absolute Gasteiger partial charge is 0.476 e. The minimum absolute atomic E-state index is 0.202. The molecule has 1 aliphatic rings. The highest BCUT2D eigenvalue weighted by Gasteiger charge is 2.29. The highest BCUT2D eigenvalue weighted by molar-refractivity contribution is 5.79. The van der Waals surface area contributed by atoms with E-state index in [-0.39, 0.29) is 18.1 Å². The van der Waals surface area contributed by atoms with Gasteiger partial charge in [0.15, 0.2) is 5.90 Å². The van der Waals surface area contributed by atoms with Crippen LogP contribution in [-0.2, 0) is 9.47 Å². The minimum atomic E-state index is 0.202. The molecule has 4 nitrogen and oxygen atoms in total. The Labute approximate surface area is 169 Å². The van der Waals surface area contributed by atoms with Gasteiger partial charge in [0, 0.05) is 20.7 Å². The molecule has 0 aromatic heterocycles. The van der Waals surface area contributed by atoms with Crippen molar-refractivity contribution in [1.29, 1.82) is 0 Å². The van der Waals surface area contributed by atoms with Crippen molar-refractivity contribution >= 4 is 5.90 Å². The van der Waals surface area contributed by atoms with Gasteiger partial charge in [-0.25, -0.2) is 0 Å². The number of methoxy groups -OCH3 is 1. The molecule has 0 amide bonds. The van der Waals surface area contributed by atoms with Crippen molar-refractivity contribution in [1.82, 2.24) is 4.90 Å². The molecule has 1 saturated heterocycles. The Bertz CT molecular complexity index is 394. The van der Waals surface area contributed by atoms with E-state index < -0.39 is 0 Å². The van der Waals surface area contributed by atoms with Crippen LogP contribution in [0.2, 0.25) is 0 Å². The third kappa shape index (κ3) is 8.95. The zero-order valence-electron chi connectivity index (χ0n) is 19.0. The molecule has 0 radical (unpaired) electrons. The summed E-state index contributed by atoms with van der Waals surface area (Å²) in [5, 5.41) is 0. The molecule has 1 aliphatic heterocycles. The number of rotatable bonds is 13. The summed E-state index contributed by atoms with van der Waals surface area (Å²) in [5.41, 5.74) is 0. The van der Waals surface area contributed by atoms with Crippen LogP contribution >= 0.6 is 0 Å². The molecular formula is C23H46N2O2. The lowest BCUT2D eigenvalue weighted by Crippen LogP contribution is -2.41. The monoisotopic (exact) mass is 382 g/mol. The fraction of sp³-hybridized carbons (Fsp3) is 0.957. The Kier molecular flexibility index (Phi) is 13.0. The van der Waals surface area contributed by atoms with Crippen molar-refractivity contribution < 1.29 is 9.47 Å². The zero-order chi connectivity index (χ0) is 20.1. The third-order valence-corrected chi connectivity index (χ3v) is 6.13. The number of hydrogen-bond acceptors (Lipinski definition) is 4. The highest BCUT2D eigenvalue weighted by atomic mass is 16.5. The number of nitrogens with zero attached hydrogens (tertiary/aromatic N) is 2. The number of hydrogen-bond donors (Lipinski definition) is 0. The second-order valence-corrected chi connectivity index (χ2v) is 8.34. The average molecular weight is 383 g/mol. The predicted molar refractivity (Wildman–Crippen MR) is 117 cm³/mol. The number of aliphatic imine (C=N–C) groups is 1. The van der Waals surface area contributed by atoms with Crippen LogP contribution in [-0.4, -0.2) is 56.8 Å². The molecule has 0 bridgehead atoms. The van der Waals surface area contributed by atoms with E-state index in [2.05, 4.69) is 37.6 Å². The van der Waals surface area contributed by atoms with Gasteiger partial charge >= 0.3 is 0 Å². The van der Waals surface area contributed by atoms with E-state index in [1.165, 1.54) is 51.6 Å². The fourth-order valence-electron chi connectivity index (χ4n) is 4.17. The summed E-state index contributed by atoms with van der Waals surface area (Å²) in [7, 11) is 3.71. The Morgan fingerprint density at radius 3 is 2.30 bits per heavy atom. The summed E-state index contributed by atoms with van der Waals surface area (Å²) in [6.45, 7) is 12.5. The fourth-order valence-corrected chi connectivity index (χ4v) is 4.17. The molecule has 4 atom stereocenters. The molecule has 0 aliphatic carbocycles. The second kappa shape index (κ2) is 14.4. The molecule has 27 heavy (non-hydrogen) atoms. The normalized spacial score (nSPS) is 20.9. The summed E-state index contributed by atoms with van der Waals surface area (Å²) < 4.78 is 12.5. The molecule has 0 spiro atoms. The summed E-state index contributed by atoms with van der Waals surface area (Å²) in [6, 6.07) is 0. The lowest BCUT2D eigenvalue weighted by atomic mass is 9.94. The Hall–Kier alpha value is -0.610. The van der Waals surface area contributed by atoms with Crippen LogP contribution in [0, 0.1) is 11.8 Å². The molecule has 1 heterocycles. The van der Waals surface area contributed by atoms with E-state index in [0.29, 0.717) is 5.92 Å². The summed E-state index contributed by atoms with van der Waals surface area (Å²) in [4.78, 5) is 7.19. The van der Waals surface area contributed by atoms with Crippen molar-refractivity contribution in [3.8, 4) is 0 Å². The molecule has 4 unspecified atom stereocenters. The SMILES string of the molecule is CCCCC(OC)C(CC)C(=NC)OC(CC(C)CC)CN1CCCCC1. The van der Waals surface area contributed by atoms with Gasteiger partial charge in [0.25, 0.3) is 0 Å². The van der Waals surface area contributed by atoms with Crippen LogP contribution < -0.4 is 0 Å². The van der Waals surface area contributed by atoms with E-state index in [1.54, 1.807) is 0 Å². The first-order valence-corrected chi connectivity index (χ1v) is 11.5. The van der Waals surface area contributed by atoms with E-state index >= 15 is 0 Å². The maximum Gasteiger partial charge on any atom is 0.189 e. The standard InChI is InChI=1S/C23H46N2O2/c1-7-10-14-22(26-6)21(9-3)23(24-5)27-20(17-19(4)8-2)18-25-15-12-11-13-16-25/h19-22H,7-18H2,1-6H3. The Morgan fingerprint density at radius 2 is 1.78 bits per heavy atom. The molecule has 0 N–H and O–H groups in total. The second-order valence-electron chi connectivity index (χ2n) is 8.34. The molecular weight excluding hydrogens is 336 g/mol. The molecule has 0 saturated carbocycles. The van der Waals surface area contributed by atoms with E-state index in [1.807, 2.05) is 14.2 Å². The lowest BCUT2D eigenvalue weighted by molar-refractivity contribution is 0.0402. The van der Waals surface area contributed by atoms with Crippen LogP contribution in [0.5, 0.6) is 0 Å². The molecule has 0 aromatic carbocycles. The first-order chi connectivity index (χ1) is 13.1. The van der Waals surface area contributed by atoms with Gasteiger partial charge in [-0.2, -0.15) is 0 Å². The maximum absolute atomic E-state index is 6.62. The van der Waals surface area contributed by atoms with Crippen LogP contribution in [0.15, 0.2) is 4.99 Å². The van der Waals surface area contributed by atoms with Crippen molar-refractivity contribution in [2.24, 2.45) is 16.8 Å². The maximum atomic E-state index is 6.62. The summed E-state index contributed by atoms with van der Waals surface area (Å²) in [6.07, 6.45) is 11.2. The Balaban J connectivity index is 2.82. The van der Waals surface area contributed by atoms with Gasteiger partial charge in [0.1, 0.15) is 6.10 Å². The molecule has 1 fully saturated rings. The van der Waals surface area contributed by atoms with Crippen LogP contribution in [0.4, 0.5) is 0 Å². The van der Waals surface area contributed by atoms with Crippen LogP contribution in [0.25, 0.3) is 0 Å². The smallest absolute Gasteiger partial charge is 0.189 e. The topological polar surface area (TPSA) is 34.1 Å². The van der Waals surface area contributed by atoms with Gasteiger partial charge in [-0.3, -0.25) is 9.89 Å². The minimum Gasteiger partial charge on any atom is -0.476 e. The zero-order valence-corrected chi connectivity index (χ0v) is 19.0. The molecule has 0 aromatic rings. The van der Waals surface area contributed by atoms with Crippen molar-refractivity contribution in [2.75, 3.05) is 33.8 Å². The molecule has 1 rings (SSSR count). The summed E-state index contributed by atoms with van der Waals surface area (Å²) >= 11 is 0. The van der Waals surface area contributed by atoms with E-state index in [9.17, 15) is 0 Å².